The molecule has 0 spiro atoms. The lowest BCUT2D eigenvalue weighted by Gasteiger charge is -2.24. The van der Waals surface area contributed by atoms with Crippen molar-refractivity contribution in [1.29, 1.82) is 0 Å². The third-order valence-electron chi connectivity index (χ3n) is 4.14. The molecule has 0 aromatic rings. The number of carbonyl (C=O) groups is 1. The molecule has 0 amide bonds. The highest BCUT2D eigenvalue weighted by molar-refractivity contribution is 6.00. The van der Waals surface area contributed by atoms with Gasteiger partial charge >= 0.3 is 5.97 Å². The maximum Gasteiger partial charge on any atom is 0.329 e. The maximum atomic E-state index is 12.8. The van der Waals surface area contributed by atoms with Crippen LogP contribution in [0.1, 0.15) is 39.5 Å². The lowest BCUT2D eigenvalue weighted by Crippen LogP contribution is -2.54. The minimum atomic E-state index is -3.10. The summed E-state index contributed by atoms with van der Waals surface area (Å²) < 4.78 is 25.5. The number of carboxylic acids is 1. The maximum absolute atomic E-state index is 12.8. The van der Waals surface area contributed by atoms with Gasteiger partial charge in [0.15, 0.2) is 5.54 Å². The smallest absolute Gasteiger partial charge is 0.329 e. The molecule has 0 aliphatic heterocycles. The standard InChI is InChI=1S/C16H24F2N2O2/c1-10(2)12-6-5-11(3)13(9-12)20-8-4-7-16(19,14(17)18)15(21)22/h5,12,14H,1,4,6-9,19H2,2-3H3,(H,21,22). The molecule has 124 valence electrons. The molecule has 0 bridgehead atoms. The fourth-order valence-corrected chi connectivity index (χ4v) is 2.37. The van der Waals surface area contributed by atoms with Gasteiger partial charge in [0, 0.05) is 12.3 Å². The number of carboxylic acid groups (broad SMARTS) is 1. The Labute approximate surface area is 129 Å². The molecule has 22 heavy (non-hydrogen) atoms. The van der Waals surface area contributed by atoms with E-state index in [0.29, 0.717) is 12.5 Å². The van der Waals surface area contributed by atoms with Crippen molar-refractivity contribution in [2.75, 3.05) is 6.54 Å². The molecule has 4 nitrogen and oxygen atoms in total. The van der Waals surface area contributed by atoms with Gasteiger partial charge in [0.2, 0.25) is 0 Å². The van der Waals surface area contributed by atoms with E-state index in [1.807, 2.05) is 13.8 Å². The summed E-state index contributed by atoms with van der Waals surface area (Å²) in [6.45, 7) is 8.20. The van der Waals surface area contributed by atoms with E-state index in [-0.39, 0.29) is 12.8 Å². The Kier molecular flexibility index (Phi) is 6.41. The molecule has 0 heterocycles. The molecular formula is C16H24F2N2O2. The van der Waals surface area contributed by atoms with Crippen LogP contribution < -0.4 is 5.73 Å². The van der Waals surface area contributed by atoms with Crippen LogP contribution in [0.4, 0.5) is 8.78 Å². The number of hydrogen-bond donors (Lipinski definition) is 2. The number of halogens is 2. The van der Waals surface area contributed by atoms with Crippen LogP contribution in [0.3, 0.4) is 0 Å². The SMILES string of the molecule is C=C(C)C1CC=C(C)C(=NCCCC(N)(C(=O)O)C(F)F)C1. The van der Waals surface area contributed by atoms with E-state index in [2.05, 4.69) is 17.6 Å². The van der Waals surface area contributed by atoms with Gasteiger partial charge in [0.1, 0.15) is 0 Å². The van der Waals surface area contributed by atoms with E-state index in [1.54, 1.807) is 0 Å². The highest BCUT2D eigenvalue weighted by atomic mass is 19.3. The minimum absolute atomic E-state index is 0.210. The van der Waals surface area contributed by atoms with E-state index in [9.17, 15) is 13.6 Å². The largest absolute Gasteiger partial charge is 0.480 e. The van der Waals surface area contributed by atoms with Crippen LogP contribution in [0.2, 0.25) is 0 Å². The van der Waals surface area contributed by atoms with Crippen LogP contribution in [-0.2, 0) is 4.79 Å². The normalized spacial score (nSPS) is 23.3. The Balaban J connectivity index is 2.62. The van der Waals surface area contributed by atoms with Crippen LogP contribution >= 0.6 is 0 Å². The first-order chi connectivity index (χ1) is 10.2. The fraction of sp³-hybridized carbons (Fsp3) is 0.625. The summed E-state index contributed by atoms with van der Waals surface area (Å²) in [5.41, 5.74) is 5.91. The lowest BCUT2D eigenvalue weighted by molar-refractivity contribution is -0.150. The molecule has 3 N–H and O–H groups in total. The average molecular weight is 314 g/mol. The van der Waals surface area contributed by atoms with E-state index in [4.69, 9.17) is 10.8 Å². The van der Waals surface area contributed by atoms with Crippen molar-refractivity contribution >= 4 is 11.7 Å². The first-order valence-electron chi connectivity index (χ1n) is 7.34. The second-order valence-corrected chi connectivity index (χ2v) is 5.95. The second kappa shape index (κ2) is 7.63. The highest BCUT2D eigenvalue weighted by Gasteiger charge is 2.43. The predicted octanol–water partition coefficient (Wildman–Crippen LogP) is 3.19. The van der Waals surface area contributed by atoms with Gasteiger partial charge < -0.3 is 10.8 Å². The molecule has 1 rings (SSSR count). The van der Waals surface area contributed by atoms with Crippen molar-refractivity contribution in [2.45, 2.75) is 51.5 Å². The monoisotopic (exact) mass is 314 g/mol. The molecule has 2 atom stereocenters. The summed E-state index contributed by atoms with van der Waals surface area (Å²) >= 11 is 0. The van der Waals surface area contributed by atoms with Gasteiger partial charge in [-0.1, -0.05) is 18.2 Å². The number of alkyl halides is 2. The summed E-state index contributed by atoms with van der Waals surface area (Å²) in [5, 5.41) is 8.83. The van der Waals surface area contributed by atoms with E-state index >= 15 is 0 Å². The van der Waals surface area contributed by atoms with Crippen molar-refractivity contribution in [2.24, 2.45) is 16.6 Å². The molecule has 6 heteroatoms. The molecule has 0 aromatic carbocycles. The number of aliphatic imine (C=N–C) groups is 1. The van der Waals surface area contributed by atoms with Gasteiger partial charge in [0.25, 0.3) is 6.43 Å². The van der Waals surface area contributed by atoms with Crippen molar-refractivity contribution < 1.29 is 18.7 Å². The third-order valence-corrected chi connectivity index (χ3v) is 4.14. The quantitative estimate of drug-likeness (QED) is 0.560. The van der Waals surface area contributed by atoms with Crippen molar-refractivity contribution in [3.8, 4) is 0 Å². The van der Waals surface area contributed by atoms with Crippen LogP contribution in [0.25, 0.3) is 0 Å². The van der Waals surface area contributed by atoms with Gasteiger partial charge in [-0.2, -0.15) is 0 Å². The Bertz CT molecular complexity index is 500. The summed E-state index contributed by atoms with van der Waals surface area (Å²) in [6, 6.07) is 0. The first kappa shape index (κ1) is 18.5. The summed E-state index contributed by atoms with van der Waals surface area (Å²) in [7, 11) is 0. The number of hydrogen-bond acceptors (Lipinski definition) is 3. The van der Waals surface area contributed by atoms with Gasteiger partial charge in [-0.05, 0) is 51.0 Å². The summed E-state index contributed by atoms with van der Waals surface area (Å²) in [4.78, 5) is 15.3. The van der Waals surface area contributed by atoms with E-state index in [0.717, 1.165) is 29.7 Å². The number of nitrogens with two attached hydrogens (primary N) is 1. The molecule has 0 aromatic heterocycles. The topological polar surface area (TPSA) is 75.7 Å². The molecule has 1 aliphatic carbocycles. The van der Waals surface area contributed by atoms with Crippen molar-refractivity contribution in [1.82, 2.24) is 0 Å². The number of aliphatic carboxylic acids is 1. The van der Waals surface area contributed by atoms with Gasteiger partial charge in [-0.15, -0.1) is 0 Å². The molecule has 0 fully saturated rings. The second-order valence-electron chi connectivity index (χ2n) is 5.95. The highest BCUT2D eigenvalue weighted by Crippen LogP contribution is 2.27. The van der Waals surface area contributed by atoms with Gasteiger partial charge in [-0.3, -0.25) is 4.99 Å². The van der Waals surface area contributed by atoms with Crippen LogP contribution in [-0.4, -0.2) is 35.3 Å². The zero-order valence-electron chi connectivity index (χ0n) is 13.1. The van der Waals surface area contributed by atoms with E-state index < -0.39 is 17.9 Å². The predicted molar refractivity (Wildman–Crippen MR) is 83.4 cm³/mol. The van der Waals surface area contributed by atoms with Gasteiger partial charge in [-0.25, -0.2) is 13.6 Å². The summed E-state index contributed by atoms with van der Waals surface area (Å²) in [6.07, 6.45) is 0.647. The number of rotatable bonds is 7. The molecule has 0 radical (unpaired) electrons. The van der Waals surface area contributed by atoms with Crippen molar-refractivity contribution in [3.63, 3.8) is 0 Å². The lowest BCUT2D eigenvalue weighted by atomic mass is 9.84. The Morgan fingerprint density at radius 3 is 2.77 bits per heavy atom. The Morgan fingerprint density at radius 1 is 1.64 bits per heavy atom. The third kappa shape index (κ3) is 4.47. The molecule has 2 unspecified atom stereocenters. The van der Waals surface area contributed by atoms with Gasteiger partial charge in [0.05, 0.1) is 0 Å². The Hall–Kier alpha value is -1.56. The minimum Gasteiger partial charge on any atom is -0.480 e. The van der Waals surface area contributed by atoms with Crippen molar-refractivity contribution in [3.05, 3.63) is 23.8 Å². The van der Waals surface area contributed by atoms with Crippen LogP contribution in [0, 0.1) is 5.92 Å². The average Bonchev–Trinajstić information content (AvgIpc) is 2.44. The summed E-state index contributed by atoms with van der Waals surface area (Å²) in [5.74, 6) is -1.32. The fourth-order valence-electron chi connectivity index (χ4n) is 2.37. The van der Waals surface area contributed by atoms with Crippen LogP contribution in [0.5, 0.6) is 0 Å². The Morgan fingerprint density at radius 2 is 2.27 bits per heavy atom. The zero-order chi connectivity index (χ0) is 16.9. The number of nitrogens with zero attached hydrogens (tertiary/aromatic N) is 1. The van der Waals surface area contributed by atoms with Crippen LogP contribution in [0.15, 0.2) is 28.8 Å². The zero-order valence-corrected chi connectivity index (χ0v) is 13.1. The van der Waals surface area contributed by atoms with E-state index in [1.165, 1.54) is 0 Å². The molecule has 1 aliphatic rings. The molecule has 0 saturated heterocycles. The number of allylic oxidation sites excluding steroid dienone is 3. The molecule has 0 saturated carbocycles. The first-order valence-corrected chi connectivity index (χ1v) is 7.34. The molecular weight excluding hydrogens is 290 g/mol.